The minimum absolute atomic E-state index is 0.0122. The van der Waals surface area contributed by atoms with Gasteiger partial charge in [0.15, 0.2) is 5.58 Å². The van der Waals surface area contributed by atoms with Gasteiger partial charge >= 0.3 is 0 Å². The smallest absolute Gasteiger partial charge is 0.295 e. The fourth-order valence-electron chi connectivity index (χ4n) is 1.45. The van der Waals surface area contributed by atoms with Crippen LogP contribution in [0.4, 0.5) is 11.7 Å². The quantitative estimate of drug-likeness (QED) is 0.667. The third kappa shape index (κ3) is 2.77. The lowest BCUT2D eigenvalue weighted by Gasteiger charge is -2.17. The van der Waals surface area contributed by atoms with Crippen LogP contribution in [-0.2, 0) is 0 Å². The summed E-state index contributed by atoms with van der Waals surface area (Å²) in [4.78, 5) is 14.4. The van der Waals surface area contributed by atoms with Crippen molar-refractivity contribution in [2.75, 3.05) is 11.9 Å². The largest absolute Gasteiger partial charge is 0.424 e. The van der Waals surface area contributed by atoms with Crippen molar-refractivity contribution >= 4 is 22.8 Å². The summed E-state index contributed by atoms with van der Waals surface area (Å²) in [7, 11) is 0. The van der Waals surface area contributed by atoms with Gasteiger partial charge in [-0.25, -0.2) is 0 Å². The lowest BCUT2D eigenvalue weighted by Crippen LogP contribution is -2.19. The molecule has 1 aromatic carbocycles. The molecular weight excluding hydrogens is 234 g/mol. The number of nitro groups is 1. The zero-order valence-corrected chi connectivity index (χ0v) is 10.6. The van der Waals surface area contributed by atoms with Crippen LogP contribution in [0.1, 0.15) is 20.8 Å². The molecule has 96 valence electrons. The maximum absolute atomic E-state index is 10.6. The van der Waals surface area contributed by atoms with Crippen LogP contribution in [0.15, 0.2) is 22.6 Å². The Morgan fingerprint density at radius 3 is 2.78 bits per heavy atom. The van der Waals surface area contributed by atoms with Gasteiger partial charge in [0.1, 0.15) is 5.52 Å². The lowest BCUT2D eigenvalue weighted by molar-refractivity contribution is -0.384. The van der Waals surface area contributed by atoms with E-state index < -0.39 is 4.92 Å². The van der Waals surface area contributed by atoms with E-state index in [1.54, 1.807) is 6.07 Å². The number of hydrogen-bond donors (Lipinski definition) is 1. The Morgan fingerprint density at radius 1 is 1.44 bits per heavy atom. The van der Waals surface area contributed by atoms with Gasteiger partial charge in [-0.05, 0) is 11.5 Å². The van der Waals surface area contributed by atoms with Crippen LogP contribution in [0.5, 0.6) is 0 Å². The Labute approximate surface area is 104 Å². The van der Waals surface area contributed by atoms with E-state index in [9.17, 15) is 10.1 Å². The van der Waals surface area contributed by atoms with Crippen LogP contribution in [0, 0.1) is 15.5 Å². The minimum Gasteiger partial charge on any atom is -0.424 e. The number of nitro benzene ring substituents is 1. The maximum Gasteiger partial charge on any atom is 0.295 e. The molecule has 0 aliphatic heterocycles. The van der Waals surface area contributed by atoms with E-state index in [0.29, 0.717) is 23.7 Å². The summed E-state index contributed by atoms with van der Waals surface area (Å²) in [6.45, 7) is 6.98. The van der Waals surface area contributed by atoms with Gasteiger partial charge in [0.05, 0.1) is 4.92 Å². The van der Waals surface area contributed by atoms with E-state index in [2.05, 4.69) is 31.1 Å². The number of aromatic nitrogens is 1. The van der Waals surface area contributed by atoms with Gasteiger partial charge in [0.2, 0.25) is 0 Å². The molecule has 1 heterocycles. The highest BCUT2D eigenvalue weighted by atomic mass is 16.6. The van der Waals surface area contributed by atoms with E-state index in [-0.39, 0.29) is 11.1 Å². The molecule has 2 rings (SSSR count). The zero-order valence-electron chi connectivity index (χ0n) is 10.6. The molecule has 0 unspecified atom stereocenters. The molecule has 0 saturated carbocycles. The molecule has 0 fully saturated rings. The molecule has 18 heavy (non-hydrogen) atoms. The van der Waals surface area contributed by atoms with Crippen molar-refractivity contribution in [3.05, 3.63) is 28.3 Å². The standard InChI is InChI=1S/C12H15N3O3/c1-12(2,3)7-13-11-14-9-6-8(15(16)17)4-5-10(9)18-11/h4-6H,7H2,1-3H3,(H,13,14). The van der Waals surface area contributed by atoms with E-state index in [1.807, 2.05) is 0 Å². The molecular formula is C12H15N3O3. The second-order valence-corrected chi connectivity index (χ2v) is 5.34. The molecule has 6 nitrogen and oxygen atoms in total. The molecule has 0 aliphatic carbocycles. The summed E-state index contributed by atoms with van der Waals surface area (Å²) in [6, 6.07) is 4.76. The predicted octanol–water partition coefficient (Wildman–Crippen LogP) is 3.19. The van der Waals surface area contributed by atoms with Crippen molar-refractivity contribution in [1.29, 1.82) is 0 Å². The summed E-state index contributed by atoms with van der Waals surface area (Å²) < 4.78 is 5.45. The number of nitrogens with zero attached hydrogens (tertiary/aromatic N) is 2. The van der Waals surface area contributed by atoms with Gasteiger partial charge in [-0.15, -0.1) is 0 Å². The number of non-ortho nitro benzene ring substituents is 1. The van der Waals surface area contributed by atoms with Crippen molar-refractivity contribution in [3.8, 4) is 0 Å². The Kier molecular flexibility index (Phi) is 2.94. The summed E-state index contributed by atoms with van der Waals surface area (Å²) in [5, 5.41) is 13.7. The van der Waals surface area contributed by atoms with Crippen molar-refractivity contribution in [2.24, 2.45) is 5.41 Å². The highest BCUT2D eigenvalue weighted by molar-refractivity contribution is 5.77. The minimum atomic E-state index is -0.448. The fourth-order valence-corrected chi connectivity index (χ4v) is 1.45. The zero-order chi connectivity index (χ0) is 13.3. The molecule has 0 spiro atoms. The first-order valence-corrected chi connectivity index (χ1v) is 5.64. The van der Waals surface area contributed by atoms with Crippen molar-refractivity contribution in [3.63, 3.8) is 0 Å². The predicted molar refractivity (Wildman–Crippen MR) is 68.6 cm³/mol. The van der Waals surface area contributed by atoms with Crippen LogP contribution < -0.4 is 5.32 Å². The SMILES string of the molecule is CC(C)(C)CNc1nc2cc([N+](=O)[O-])ccc2o1. The topological polar surface area (TPSA) is 81.2 Å². The molecule has 0 radical (unpaired) electrons. The van der Waals surface area contributed by atoms with E-state index in [4.69, 9.17) is 4.42 Å². The van der Waals surface area contributed by atoms with Crippen LogP contribution in [-0.4, -0.2) is 16.5 Å². The number of rotatable bonds is 3. The third-order valence-electron chi connectivity index (χ3n) is 2.35. The van der Waals surface area contributed by atoms with Gasteiger partial charge in [-0.3, -0.25) is 10.1 Å². The van der Waals surface area contributed by atoms with E-state index >= 15 is 0 Å². The normalized spacial score (nSPS) is 11.7. The first-order valence-electron chi connectivity index (χ1n) is 5.64. The molecule has 1 N–H and O–H groups in total. The fraction of sp³-hybridized carbons (Fsp3) is 0.417. The van der Waals surface area contributed by atoms with Gasteiger partial charge in [0.25, 0.3) is 11.7 Å². The Balaban J connectivity index is 2.24. The van der Waals surface area contributed by atoms with Gasteiger partial charge in [-0.2, -0.15) is 4.98 Å². The Morgan fingerprint density at radius 2 is 2.17 bits per heavy atom. The van der Waals surface area contributed by atoms with Gasteiger partial charge in [0, 0.05) is 18.7 Å². The van der Waals surface area contributed by atoms with Gasteiger partial charge in [-0.1, -0.05) is 20.8 Å². The highest BCUT2D eigenvalue weighted by Crippen LogP contribution is 2.24. The average molecular weight is 249 g/mol. The van der Waals surface area contributed by atoms with Crippen LogP contribution in [0.2, 0.25) is 0 Å². The third-order valence-corrected chi connectivity index (χ3v) is 2.35. The van der Waals surface area contributed by atoms with Crippen LogP contribution in [0.25, 0.3) is 11.1 Å². The van der Waals surface area contributed by atoms with Gasteiger partial charge < -0.3 is 9.73 Å². The molecule has 0 amide bonds. The molecule has 0 saturated heterocycles. The number of hydrogen-bond acceptors (Lipinski definition) is 5. The molecule has 2 aromatic rings. The van der Waals surface area contributed by atoms with Crippen molar-refractivity contribution in [1.82, 2.24) is 4.98 Å². The molecule has 0 bridgehead atoms. The Hall–Kier alpha value is -2.11. The van der Waals surface area contributed by atoms with E-state index in [1.165, 1.54) is 12.1 Å². The number of oxazole rings is 1. The molecule has 0 atom stereocenters. The van der Waals surface area contributed by atoms with Crippen molar-refractivity contribution in [2.45, 2.75) is 20.8 Å². The number of benzene rings is 1. The van der Waals surface area contributed by atoms with Crippen LogP contribution in [0.3, 0.4) is 0 Å². The van der Waals surface area contributed by atoms with Crippen molar-refractivity contribution < 1.29 is 9.34 Å². The highest BCUT2D eigenvalue weighted by Gasteiger charge is 2.14. The average Bonchev–Trinajstić information content (AvgIpc) is 2.66. The van der Waals surface area contributed by atoms with Crippen LogP contribution >= 0.6 is 0 Å². The Bertz CT molecular complexity index is 584. The summed E-state index contributed by atoms with van der Waals surface area (Å²) in [6.07, 6.45) is 0. The number of anilines is 1. The molecule has 1 aromatic heterocycles. The summed E-state index contributed by atoms with van der Waals surface area (Å²) >= 11 is 0. The summed E-state index contributed by atoms with van der Waals surface area (Å²) in [5.74, 6) is 0. The maximum atomic E-state index is 10.6. The second kappa shape index (κ2) is 4.29. The monoisotopic (exact) mass is 249 g/mol. The second-order valence-electron chi connectivity index (χ2n) is 5.34. The molecule has 0 aliphatic rings. The summed E-state index contributed by atoms with van der Waals surface area (Å²) in [5.41, 5.74) is 1.14. The number of nitrogens with one attached hydrogen (secondary N) is 1. The lowest BCUT2D eigenvalue weighted by atomic mass is 9.97. The first-order chi connectivity index (χ1) is 8.35. The van der Waals surface area contributed by atoms with E-state index in [0.717, 1.165) is 0 Å². The first kappa shape index (κ1) is 12.3. The number of fused-ring (bicyclic) bond motifs is 1. The molecule has 6 heteroatoms.